The maximum atomic E-state index is 12.8. The Morgan fingerprint density at radius 3 is 2.62 bits per heavy atom. The van der Waals surface area contributed by atoms with Crippen LogP contribution in [0.4, 0.5) is 13.2 Å². The quantitative estimate of drug-likeness (QED) is 0.877. The number of halogens is 3. The van der Waals surface area contributed by atoms with Crippen LogP contribution in [0.5, 0.6) is 0 Å². The number of benzene rings is 1. The van der Waals surface area contributed by atoms with Gasteiger partial charge in [-0.1, -0.05) is 25.1 Å². The Morgan fingerprint density at radius 1 is 1.43 bits per heavy atom. The minimum Gasteiger partial charge on any atom is -0.355 e. The molecule has 116 valence electrons. The summed E-state index contributed by atoms with van der Waals surface area (Å²) in [5, 5.41) is 2.79. The number of hydrogen-bond donors (Lipinski definition) is 2. The van der Waals surface area contributed by atoms with E-state index in [-0.39, 0.29) is 23.8 Å². The van der Waals surface area contributed by atoms with E-state index in [1.807, 2.05) is 0 Å². The van der Waals surface area contributed by atoms with Gasteiger partial charge in [-0.3, -0.25) is 4.79 Å². The molecule has 6 heteroatoms. The predicted molar refractivity (Wildman–Crippen MR) is 73.6 cm³/mol. The molecule has 0 aliphatic heterocycles. The molecule has 2 rings (SSSR count). The van der Waals surface area contributed by atoms with E-state index in [4.69, 9.17) is 5.73 Å². The van der Waals surface area contributed by atoms with Crippen molar-refractivity contribution in [3.05, 3.63) is 35.4 Å². The minimum atomic E-state index is -4.34. The molecule has 0 radical (unpaired) electrons. The van der Waals surface area contributed by atoms with Crippen molar-refractivity contribution < 1.29 is 18.0 Å². The number of amides is 1. The smallest absolute Gasteiger partial charge is 0.355 e. The third kappa shape index (κ3) is 3.56. The van der Waals surface area contributed by atoms with Gasteiger partial charge in [0.05, 0.1) is 5.56 Å². The van der Waals surface area contributed by atoms with Crippen LogP contribution >= 0.6 is 0 Å². The van der Waals surface area contributed by atoms with Gasteiger partial charge in [-0.15, -0.1) is 0 Å². The summed E-state index contributed by atoms with van der Waals surface area (Å²) in [6, 6.07) is 5.36. The molecule has 1 aromatic carbocycles. The molecule has 3 nitrogen and oxygen atoms in total. The molecule has 0 saturated heterocycles. The topological polar surface area (TPSA) is 55.1 Å². The SMILES string of the molecule is CC(CN)C(=O)NCC1(c2cccc(C(F)(F)F)c2)CC1. The van der Waals surface area contributed by atoms with E-state index < -0.39 is 11.7 Å². The summed E-state index contributed by atoms with van der Waals surface area (Å²) in [7, 11) is 0. The first-order valence-electron chi connectivity index (χ1n) is 6.94. The molecule has 0 bridgehead atoms. The van der Waals surface area contributed by atoms with Gasteiger partial charge < -0.3 is 11.1 Å². The molecule has 21 heavy (non-hydrogen) atoms. The third-order valence-corrected chi connectivity index (χ3v) is 4.06. The third-order valence-electron chi connectivity index (χ3n) is 4.06. The highest BCUT2D eigenvalue weighted by Gasteiger charge is 2.45. The molecule has 1 aromatic rings. The molecule has 1 unspecified atom stereocenters. The summed E-state index contributed by atoms with van der Waals surface area (Å²) in [6.07, 6.45) is -2.78. The summed E-state index contributed by atoms with van der Waals surface area (Å²) in [6.45, 7) is 2.33. The van der Waals surface area contributed by atoms with E-state index in [0.29, 0.717) is 12.1 Å². The van der Waals surface area contributed by atoms with Gasteiger partial charge in [0.1, 0.15) is 0 Å². The Hall–Kier alpha value is -1.56. The van der Waals surface area contributed by atoms with Crippen LogP contribution in [0.3, 0.4) is 0 Å². The Balaban J connectivity index is 2.09. The molecule has 3 N–H and O–H groups in total. The van der Waals surface area contributed by atoms with Crippen LogP contribution in [-0.2, 0) is 16.4 Å². The molecular formula is C15H19F3N2O. The Kier molecular flexibility index (Phi) is 4.27. The molecule has 1 saturated carbocycles. The fourth-order valence-electron chi connectivity index (χ4n) is 2.28. The lowest BCUT2D eigenvalue weighted by Crippen LogP contribution is -2.38. The van der Waals surface area contributed by atoms with Crippen LogP contribution in [0.15, 0.2) is 24.3 Å². The van der Waals surface area contributed by atoms with Gasteiger partial charge in [0.2, 0.25) is 5.91 Å². The van der Waals surface area contributed by atoms with Crippen molar-refractivity contribution in [1.29, 1.82) is 0 Å². The fourth-order valence-corrected chi connectivity index (χ4v) is 2.28. The van der Waals surface area contributed by atoms with Crippen molar-refractivity contribution in [3.8, 4) is 0 Å². The molecule has 1 amide bonds. The lowest BCUT2D eigenvalue weighted by Gasteiger charge is -2.19. The summed E-state index contributed by atoms with van der Waals surface area (Å²) in [5.74, 6) is -0.446. The number of rotatable bonds is 5. The average Bonchev–Trinajstić information content (AvgIpc) is 3.24. The molecule has 1 atom stereocenters. The van der Waals surface area contributed by atoms with Crippen LogP contribution in [-0.4, -0.2) is 19.0 Å². The fraction of sp³-hybridized carbons (Fsp3) is 0.533. The maximum Gasteiger partial charge on any atom is 0.416 e. The van der Waals surface area contributed by atoms with Crippen LogP contribution in [0.1, 0.15) is 30.9 Å². The predicted octanol–water partition coefficient (Wildman–Crippen LogP) is 2.45. The van der Waals surface area contributed by atoms with Gasteiger partial charge >= 0.3 is 6.18 Å². The lowest BCUT2D eigenvalue weighted by atomic mass is 9.94. The van der Waals surface area contributed by atoms with Crippen LogP contribution in [0.25, 0.3) is 0 Å². The highest BCUT2D eigenvalue weighted by Crippen LogP contribution is 2.48. The van der Waals surface area contributed by atoms with Gasteiger partial charge in [0.25, 0.3) is 0 Å². The molecule has 1 fully saturated rings. The lowest BCUT2D eigenvalue weighted by molar-refractivity contribution is -0.137. The first-order chi connectivity index (χ1) is 9.78. The number of alkyl halides is 3. The van der Waals surface area contributed by atoms with E-state index in [9.17, 15) is 18.0 Å². The van der Waals surface area contributed by atoms with Crippen molar-refractivity contribution in [1.82, 2.24) is 5.32 Å². The van der Waals surface area contributed by atoms with E-state index in [0.717, 1.165) is 18.9 Å². The Morgan fingerprint density at radius 2 is 2.10 bits per heavy atom. The average molecular weight is 300 g/mol. The first kappa shape index (κ1) is 15.8. The summed E-state index contributed by atoms with van der Waals surface area (Å²) in [4.78, 5) is 11.7. The number of carbonyl (C=O) groups excluding carboxylic acids is 1. The number of nitrogens with two attached hydrogens (primary N) is 1. The van der Waals surface area contributed by atoms with Crippen molar-refractivity contribution in [2.24, 2.45) is 11.7 Å². The molecule has 1 aliphatic rings. The second kappa shape index (κ2) is 5.67. The van der Waals surface area contributed by atoms with Crippen molar-refractivity contribution in [3.63, 3.8) is 0 Å². The van der Waals surface area contributed by atoms with Crippen LogP contribution in [0.2, 0.25) is 0 Å². The molecule has 0 spiro atoms. The molecule has 0 heterocycles. The van der Waals surface area contributed by atoms with Crippen molar-refractivity contribution in [2.75, 3.05) is 13.1 Å². The monoisotopic (exact) mass is 300 g/mol. The normalized spacial score (nSPS) is 18.1. The van der Waals surface area contributed by atoms with Crippen molar-refractivity contribution >= 4 is 5.91 Å². The van der Waals surface area contributed by atoms with E-state index >= 15 is 0 Å². The van der Waals surface area contributed by atoms with Crippen molar-refractivity contribution in [2.45, 2.75) is 31.4 Å². The molecular weight excluding hydrogens is 281 g/mol. The second-order valence-electron chi connectivity index (χ2n) is 5.71. The maximum absolute atomic E-state index is 12.8. The van der Waals surface area contributed by atoms with E-state index in [1.165, 1.54) is 12.1 Å². The highest BCUT2D eigenvalue weighted by molar-refractivity contribution is 5.78. The highest BCUT2D eigenvalue weighted by atomic mass is 19.4. The standard InChI is InChI=1S/C15H19F3N2O/c1-10(8-19)13(21)20-9-14(5-6-14)11-3-2-4-12(7-11)15(16,17)18/h2-4,7,10H,5-6,8-9,19H2,1H3,(H,20,21). The van der Waals surface area contributed by atoms with Gasteiger partial charge in [-0.05, 0) is 24.5 Å². The van der Waals surface area contributed by atoms with Crippen LogP contribution in [0, 0.1) is 5.92 Å². The van der Waals surface area contributed by atoms with E-state index in [1.54, 1.807) is 13.0 Å². The van der Waals surface area contributed by atoms with E-state index in [2.05, 4.69) is 5.32 Å². The number of nitrogens with one attached hydrogen (secondary N) is 1. The number of carbonyl (C=O) groups is 1. The summed E-state index contributed by atoms with van der Waals surface area (Å²) in [5.41, 5.74) is 5.06. The molecule has 0 aromatic heterocycles. The molecule has 1 aliphatic carbocycles. The zero-order chi connectivity index (χ0) is 15.7. The number of hydrogen-bond acceptors (Lipinski definition) is 2. The minimum absolute atomic E-state index is 0.157. The van der Waals surface area contributed by atoms with Crippen LogP contribution < -0.4 is 11.1 Å². The largest absolute Gasteiger partial charge is 0.416 e. The first-order valence-corrected chi connectivity index (χ1v) is 6.94. The Bertz CT molecular complexity index is 524. The van der Waals surface area contributed by atoms with Gasteiger partial charge in [-0.2, -0.15) is 13.2 Å². The zero-order valence-corrected chi connectivity index (χ0v) is 11.8. The summed E-state index contributed by atoms with van der Waals surface area (Å²) < 4.78 is 38.3. The van der Waals surface area contributed by atoms with Gasteiger partial charge in [0, 0.05) is 24.4 Å². The summed E-state index contributed by atoms with van der Waals surface area (Å²) >= 11 is 0. The van der Waals surface area contributed by atoms with Gasteiger partial charge in [0.15, 0.2) is 0 Å². The Labute approximate surface area is 121 Å². The second-order valence-corrected chi connectivity index (χ2v) is 5.71. The zero-order valence-electron chi connectivity index (χ0n) is 11.8. The van der Waals surface area contributed by atoms with Gasteiger partial charge in [-0.25, -0.2) is 0 Å².